The molecule has 0 saturated carbocycles. The zero-order valence-electron chi connectivity index (χ0n) is 12.8. The van der Waals surface area contributed by atoms with Crippen LogP contribution in [-0.2, 0) is 25.9 Å². The van der Waals surface area contributed by atoms with Crippen LogP contribution in [0.25, 0.3) is 0 Å². The predicted octanol–water partition coefficient (Wildman–Crippen LogP) is 2.69. The van der Waals surface area contributed by atoms with Crippen molar-refractivity contribution >= 4 is 0 Å². The molecule has 0 radical (unpaired) electrons. The Kier molecular flexibility index (Phi) is 4.25. The molecule has 1 aliphatic rings. The second kappa shape index (κ2) is 6.31. The summed E-state index contributed by atoms with van der Waals surface area (Å²) in [7, 11) is 0. The minimum Gasteiger partial charge on any atom is -0.294 e. The summed E-state index contributed by atoms with van der Waals surface area (Å²) in [6.07, 6.45) is 8.96. The Balaban J connectivity index is 1.71. The van der Waals surface area contributed by atoms with Crippen molar-refractivity contribution in [1.29, 1.82) is 0 Å². The Labute approximate surface area is 126 Å². The Bertz CT molecular complexity index is 624. The molecule has 0 amide bonds. The SMILES string of the molecule is CCCc1ncc2c(n1)CCN(Cc1cnccc1C)C2. The van der Waals surface area contributed by atoms with Crippen LogP contribution >= 0.6 is 0 Å². The summed E-state index contributed by atoms with van der Waals surface area (Å²) in [5, 5.41) is 0. The standard InChI is InChI=1S/C17H22N4/c1-3-4-17-19-10-15-12-21(8-6-16(15)20-17)11-14-9-18-7-5-13(14)2/h5,7,9-10H,3-4,6,8,11-12H2,1-2H3. The largest absolute Gasteiger partial charge is 0.294 e. The first-order valence-electron chi connectivity index (χ1n) is 7.71. The topological polar surface area (TPSA) is 41.9 Å². The molecule has 0 aromatic carbocycles. The lowest BCUT2D eigenvalue weighted by molar-refractivity contribution is 0.242. The fourth-order valence-electron chi connectivity index (χ4n) is 2.80. The molecule has 2 aromatic heterocycles. The highest BCUT2D eigenvalue weighted by atomic mass is 15.1. The molecule has 4 nitrogen and oxygen atoms in total. The van der Waals surface area contributed by atoms with Gasteiger partial charge in [0.1, 0.15) is 5.82 Å². The molecule has 2 aromatic rings. The minimum absolute atomic E-state index is 0.941. The van der Waals surface area contributed by atoms with Gasteiger partial charge in [-0.1, -0.05) is 6.92 Å². The van der Waals surface area contributed by atoms with Gasteiger partial charge in [-0.2, -0.15) is 0 Å². The van der Waals surface area contributed by atoms with Crippen molar-refractivity contribution in [1.82, 2.24) is 19.9 Å². The van der Waals surface area contributed by atoms with Crippen LogP contribution in [0, 0.1) is 6.92 Å². The average Bonchev–Trinajstić information content (AvgIpc) is 2.50. The number of rotatable bonds is 4. The van der Waals surface area contributed by atoms with E-state index < -0.39 is 0 Å². The van der Waals surface area contributed by atoms with Crippen LogP contribution in [0.4, 0.5) is 0 Å². The van der Waals surface area contributed by atoms with Crippen molar-refractivity contribution in [3.63, 3.8) is 0 Å². The first-order valence-corrected chi connectivity index (χ1v) is 7.71. The Morgan fingerprint density at radius 3 is 3.00 bits per heavy atom. The van der Waals surface area contributed by atoms with E-state index in [0.29, 0.717) is 0 Å². The number of hydrogen-bond acceptors (Lipinski definition) is 4. The van der Waals surface area contributed by atoms with E-state index in [0.717, 1.165) is 44.7 Å². The molecule has 0 spiro atoms. The predicted molar refractivity (Wildman–Crippen MR) is 82.8 cm³/mol. The molecule has 1 aliphatic heterocycles. The third-order valence-electron chi connectivity index (χ3n) is 4.08. The number of nitrogens with zero attached hydrogens (tertiary/aromatic N) is 4. The fourth-order valence-corrected chi connectivity index (χ4v) is 2.80. The molecule has 0 unspecified atom stereocenters. The van der Waals surface area contributed by atoms with Gasteiger partial charge in [0.05, 0.1) is 0 Å². The first kappa shape index (κ1) is 14.1. The van der Waals surface area contributed by atoms with Crippen LogP contribution in [0.2, 0.25) is 0 Å². The summed E-state index contributed by atoms with van der Waals surface area (Å²) in [5.74, 6) is 0.993. The third-order valence-corrected chi connectivity index (χ3v) is 4.08. The van der Waals surface area contributed by atoms with E-state index in [-0.39, 0.29) is 0 Å². The summed E-state index contributed by atoms with van der Waals surface area (Å²) in [4.78, 5) is 15.9. The number of aromatic nitrogens is 3. The van der Waals surface area contributed by atoms with Crippen molar-refractivity contribution in [2.45, 2.75) is 46.2 Å². The lowest BCUT2D eigenvalue weighted by atomic mass is 10.1. The lowest BCUT2D eigenvalue weighted by Gasteiger charge is -2.28. The molecule has 0 aliphatic carbocycles. The minimum atomic E-state index is 0.941. The molecule has 3 heterocycles. The van der Waals surface area contributed by atoms with Crippen LogP contribution < -0.4 is 0 Å². The molecule has 0 fully saturated rings. The Morgan fingerprint density at radius 2 is 2.19 bits per heavy atom. The van der Waals surface area contributed by atoms with Gasteiger partial charge in [-0.05, 0) is 30.5 Å². The average molecular weight is 282 g/mol. The maximum atomic E-state index is 4.71. The van der Waals surface area contributed by atoms with Crippen LogP contribution in [0.3, 0.4) is 0 Å². The molecule has 0 saturated heterocycles. The van der Waals surface area contributed by atoms with Gasteiger partial charge in [0.2, 0.25) is 0 Å². The maximum absolute atomic E-state index is 4.71. The lowest BCUT2D eigenvalue weighted by Crippen LogP contribution is -2.31. The molecular formula is C17H22N4. The Morgan fingerprint density at radius 1 is 1.29 bits per heavy atom. The quantitative estimate of drug-likeness (QED) is 0.864. The van der Waals surface area contributed by atoms with Crippen molar-refractivity contribution in [2.24, 2.45) is 0 Å². The highest BCUT2D eigenvalue weighted by molar-refractivity contribution is 5.24. The van der Waals surface area contributed by atoms with Crippen molar-refractivity contribution in [3.05, 3.63) is 52.9 Å². The highest BCUT2D eigenvalue weighted by Gasteiger charge is 2.18. The normalized spacial score (nSPS) is 15.0. The molecule has 21 heavy (non-hydrogen) atoms. The van der Waals surface area contributed by atoms with E-state index in [1.165, 1.54) is 22.4 Å². The second-order valence-electron chi connectivity index (χ2n) is 5.77. The molecule has 110 valence electrons. The summed E-state index contributed by atoms with van der Waals surface area (Å²) in [5.41, 5.74) is 5.14. The first-order chi connectivity index (χ1) is 10.3. The van der Waals surface area contributed by atoms with Gasteiger partial charge < -0.3 is 0 Å². The molecular weight excluding hydrogens is 260 g/mol. The van der Waals surface area contributed by atoms with Crippen LogP contribution in [0.5, 0.6) is 0 Å². The van der Waals surface area contributed by atoms with E-state index in [1.54, 1.807) is 0 Å². The maximum Gasteiger partial charge on any atom is 0.128 e. The molecule has 0 N–H and O–H groups in total. The van der Waals surface area contributed by atoms with Gasteiger partial charge in [0.25, 0.3) is 0 Å². The van der Waals surface area contributed by atoms with Gasteiger partial charge in [0.15, 0.2) is 0 Å². The van der Waals surface area contributed by atoms with Gasteiger partial charge >= 0.3 is 0 Å². The van der Waals surface area contributed by atoms with Gasteiger partial charge in [0, 0.05) is 62.3 Å². The van der Waals surface area contributed by atoms with Gasteiger partial charge in [-0.25, -0.2) is 9.97 Å². The number of fused-ring (bicyclic) bond motifs is 1. The van der Waals surface area contributed by atoms with E-state index >= 15 is 0 Å². The monoisotopic (exact) mass is 282 g/mol. The molecule has 0 atom stereocenters. The van der Waals surface area contributed by atoms with E-state index in [4.69, 9.17) is 4.98 Å². The number of hydrogen-bond donors (Lipinski definition) is 0. The highest BCUT2D eigenvalue weighted by Crippen LogP contribution is 2.19. The van der Waals surface area contributed by atoms with Crippen LogP contribution in [0.1, 0.15) is 41.6 Å². The van der Waals surface area contributed by atoms with E-state index in [1.807, 2.05) is 18.6 Å². The summed E-state index contributed by atoms with van der Waals surface area (Å²) >= 11 is 0. The second-order valence-corrected chi connectivity index (χ2v) is 5.77. The fraction of sp³-hybridized carbons (Fsp3) is 0.471. The molecule has 0 bridgehead atoms. The smallest absolute Gasteiger partial charge is 0.128 e. The van der Waals surface area contributed by atoms with Crippen molar-refractivity contribution in [3.8, 4) is 0 Å². The number of pyridine rings is 1. The summed E-state index contributed by atoms with van der Waals surface area (Å²) in [6, 6.07) is 2.08. The van der Waals surface area contributed by atoms with Crippen molar-refractivity contribution in [2.75, 3.05) is 6.54 Å². The van der Waals surface area contributed by atoms with Crippen LogP contribution in [0.15, 0.2) is 24.7 Å². The Hall–Kier alpha value is -1.81. The third kappa shape index (κ3) is 3.27. The molecule has 4 heteroatoms. The van der Waals surface area contributed by atoms with E-state index in [2.05, 4.69) is 34.8 Å². The summed E-state index contributed by atoms with van der Waals surface area (Å²) < 4.78 is 0. The van der Waals surface area contributed by atoms with Gasteiger partial charge in [-0.15, -0.1) is 0 Å². The van der Waals surface area contributed by atoms with Gasteiger partial charge in [-0.3, -0.25) is 9.88 Å². The summed E-state index contributed by atoms with van der Waals surface area (Å²) in [6.45, 7) is 7.27. The number of aryl methyl sites for hydroxylation is 2. The van der Waals surface area contributed by atoms with E-state index in [9.17, 15) is 0 Å². The van der Waals surface area contributed by atoms with Crippen LogP contribution in [-0.4, -0.2) is 26.4 Å². The zero-order chi connectivity index (χ0) is 14.7. The van der Waals surface area contributed by atoms with Crippen molar-refractivity contribution < 1.29 is 0 Å². The zero-order valence-corrected chi connectivity index (χ0v) is 12.8. The molecule has 3 rings (SSSR count).